The third-order valence-corrected chi connectivity index (χ3v) is 4.69. The van der Waals surface area contributed by atoms with Crippen molar-refractivity contribution in [2.45, 2.75) is 32.4 Å². The van der Waals surface area contributed by atoms with Crippen molar-refractivity contribution < 1.29 is 4.79 Å². The van der Waals surface area contributed by atoms with E-state index in [0.717, 1.165) is 48.6 Å². The molecule has 1 amide bonds. The van der Waals surface area contributed by atoms with E-state index in [-0.39, 0.29) is 30.7 Å². The maximum Gasteiger partial charge on any atom is 0.224 e. The number of amides is 1. The molecule has 1 aliphatic rings. The Morgan fingerprint density at radius 1 is 1.14 bits per heavy atom. The minimum Gasteiger partial charge on any atom is -0.326 e. The number of carbonyl (C=O) groups is 1. The van der Waals surface area contributed by atoms with E-state index in [4.69, 9.17) is 0 Å². The van der Waals surface area contributed by atoms with Crippen LogP contribution in [0.4, 0.5) is 5.69 Å². The fourth-order valence-electron chi connectivity index (χ4n) is 3.32. The van der Waals surface area contributed by atoms with E-state index in [1.54, 1.807) is 6.20 Å². The lowest BCUT2D eigenvalue weighted by Gasteiger charge is -2.07. The topological polar surface area (TPSA) is 71.8 Å². The monoisotopic (exact) mass is 433 g/mol. The number of pyridine rings is 1. The zero-order valence-corrected chi connectivity index (χ0v) is 17.6. The summed E-state index contributed by atoms with van der Waals surface area (Å²) in [6.07, 6.45) is 5.72. The molecule has 29 heavy (non-hydrogen) atoms. The molecule has 0 aliphatic carbocycles. The molecule has 3 heterocycles. The molecule has 0 unspecified atom stereocenters. The molecular formula is C21H25Cl2N5O. The van der Waals surface area contributed by atoms with Gasteiger partial charge < -0.3 is 10.6 Å². The summed E-state index contributed by atoms with van der Waals surface area (Å²) in [5.41, 5.74) is 5.04. The van der Waals surface area contributed by atoms with E-state index in [0.29, 0.717) is 12.8 Å². The first-order valence-electron chi connectivity index (χ1n) is 9.34. The summed E-state index contributed by atoms with van der Waals surface area (Å²) in [6, 6.07) is 13.8. The van der Waals surface area contributed by atoms with Gasteiger partial charge in [-0.25, -0.2) is 0 Å². The molecule has 0 radical (unpaired) electrons. The number of aryl methyl sites for hydroxylation is 2. The summed E-state index contributed by atoms with van der Waals surface area (Å²) in [4.78, 5) is 16.5. The maximum absolute atomic E-state index is 12.4. The molecule has 1 aromatic carbocycles. The molecule has 8 heteroatoms. The number of hydrogen-bond donors (Lipinski definition) is 2. The van der Waals surface area contributed by atoms with Crippen LogP contribution in [0.15, 0.2) is 54.9 Å². The number of hydrogen-bond acceptors (Lipinski definition) is 4. The van der Waals surface area contributed by atoms with E-state index >= 15 is 0 Å². The van der Waals surface area contributed by atoms with Crippen LogP contribution in [0.1, 0.15) is 24.2 Å². The van der Waals surface area contributed by atoms with Gasteiger partial charge in [-0.05, 0) is 42.8 Å². The lowest BCUT2D eigenvalue weighted by atomic mass is 10.1. The first-order valence-corrected chi connectivity index (χ1v) is 9.34. The number of nitrogens with zero attached hydrogens (tertiary/aromatic N) is 3. The third-order valence-electron chi connectivity index (χ3n) is 4.69. The Morgan fingerprint density at radius 2 is 2.00 bits per heavy atom. The van der Waals surface area contributed by atoms with Crippen LogP contribution in [-0.2, 0) is 24.3 Å². The van der Waals surface area contributed by atoms with Gasteiger partial charge in [0, 0.05) is 49.6 Å². The summed E-state index contributed by atoms with van der Waals surface area (Å²) in [5.74, 6) is -0.000319. The van der Waals surface area contributed by atoms with Gasteiger partial charge in [0.15, 0.2) is 0 Å². The number of benzene rings is 1. The van der Waals surface area contributed by atoms with E-state index in [2.05, 4.69) is 31.5 Å². The van der Waals surface area contributed by atoms with Crippen LogP contribution in [0.3, 0.4) is 0 Å². The van der Waals surface area contributed by atoms with Crippen molar-refractivity contribution in [1.82, 2.24) is 20.1 Å². The van der Waals surface area contributed by atoms with Crippen LogP contribution in [-0.4, -0.2) is 27.2 Å². The SMILES string of the molecule is Cl.Cl.O=C(CCc1cc2n(n1)CCCNC2)Nc1cccc(-c2cccnc2)c1. The van der Waals surface area contributed by atoms with Gasteiger partial charge in [0.05, 0.1) is 11.4 Å². The predicted molar refractivity (Wildman–Crippen MR) is 120 cm³/mol. The highest BCUT2D eigenvalue weighted by atomic mass is 35.5. The lowest BCUT2D eigenvalue weighted by Crippen LogP contribution is -2.13. The predicted octanol–water partition coefficient (Wildman–Crippen LogP) is 3.85. The lowest BCUT2D eigenvalue weighted by molar-refractivity contribution is -0.116. The standard InChI is InChI=1S/C21H23N5O.2ClH/c27-21(8-7-19-13-20-15-23-10-3-11-26(20)25-19)24-18-6-1-4-16(12-18)17-5-2-9-22-14-17;;/h1-2,4-6,9,12-14,23H,3,7-8,10-11,15H2,(H,24,27);2*1H. The zero-order chi connectivity index (χ0) is 18.5. The first-order chi connectivity index (χ1) is 13.3. The molecule has 0 saturated heterocycles. The maximum atomic E-state index is 12.4. The highest BCUT2D eigenvalue weighted by Gasteiger charge is 2.12. The molecule has 154 valence electrons. The highest BCUT2D eigenvalue weighted by molar-refractivity contribution is 5.91. The Morgan fingerprint density at radius 3 is 2.83 bits per heavy atom. The molecule has 0 atom stereocenters. The van der Waals surface area contributed by atoms with Crippen molar-refractivity contribution >= 4 is 36.4 Å². The van der Waals surface area contributed by atoms with Crippen molar-refractivity contribution in [1.29, 1.82) is 0 Å². The van der Waals surface area contributed by atoms with Crippen molar-refractivity contribution in [2.75, 3.05) is 11.9 Å². The average Bonchev–Trinajstić information content (AvgIpc) is 2.96. The van der Waals surface area contributed by atoms with Crippen LogP contribution in [0.2, 0.25) is 0 Å². The molecule has 0 bridgehead atoms. The number of fused-ring (bicyclic) bond motifs is 1. The second kappa shape index (κ2) is 11.0. The normalized spacial score (nSPS) is 12.7. The number of anilines is 1. The Kier molecular flexibility index (Phi) is 8.64. The van der Waals surface area contributed by atoms with Gasteiger partial charge in [-0.15, -0.1) is 24.8 Å². The molecule has 6 nitrogen and oxygen atoms in total. The second-order valence-electron chi connectivity index (χ2n) is 6.75. The van der Waals surface area contributed by atoms with Crippen molar-refractivity contribution in [3.8, 4) is 11.1 Å². The number of rotatable bonds is 5. The van der Waals surface area contributed by atoms with Crippen LogP contribution in [0.25, 0.3) is 11.1 Å². The Balaban J connectivity index is 0.00000150. The van der Waals surface area contributed by atoms with Gasteiger partial charge in [-0.2, -0.15) is 5.10 Å². The van der Waals surface area contributed by atoms with E-state index in [9.17, 15) is 4.79 Å². The van der Waals surface area contributed by atoms with Gasteiger partial charge in [0.25, 0.3) is 0 Å². The average molecular weight is 434 g/mol. The molecule has 0 spiro atoms. The Labute approximate surface area is 182 Å². The molecular weight excluding hydrogens is 409 g/mol. The van der Waals surface area contributed by atoms with Gasteiger partial charge in [0.1, 0.15) is 0 Å². The van der Waals surface area contributed by atoms with Crippen molar-refractivity contribution in [3.05, 3.63) is 66.2 Å². The summed E-state index contributed by atoms with van der Waals surface area (Å²) >= 11 is 0. The summed E-state index contributed by atoms with van der Waals surface area (Å²) in [7, 11) is 0. The smallest absolute Gasteiger partial charge is 0.224 e. The summed E-state index contributed by atoms with van der Waals surface area (Å²) in [5, 5.41) is 11.0. The van der Waals surface area contributed by atoms with Crippen LogP contribution >= 0.6 is 24.8 Å². The fraction of sp³-hybridized carbons (Fsp3) is 0.286. The Bertz CT molecular complexity index is 906. The summed E-state index contributed by atoms with van der Waals surface area (Å²) < 4.78 is 2.06. The van der Waals surface area contributed by atoms with Gasteiger partial charge >= 0.3 is 0 Å². The Hall–Kier alpha value is -2.41. The summed E-state index contributed by atoms with van der Waals surface area (Å²) in [6.45, 7) is 2.81. The number of nitrogens with one attached hydrogen (secondary N) is 2. The number of halogens is 2. The number of aromatic nitrogens is 3. The van der Waals surface area contributed by atoms with Crippen molar-refractivity contribution in [3.63, 3.8) is 0 Å². The van der Waals surface area contributed by atoms with E-state index < -0.39 is 0 Å². The molecule has 2 aromatic heterocycles. The van der Waals surface area contributed by atoms with Crippen LogP contribution < -0.4 is 10.6 Å². The molecule has 4 rings (SSSR count). The van der Waals surface area contributed by atoms with Crippen LogP contribution in [0.5, 0.6) is 0 Å². The van der Waals surface area contributed by atoms with E-state index in [1.807, 2.05) is 42.6 Å². The third kappa shape index (κ3) is 6.03. The molecule has 1 aliphatic heterocycles. The number of carbonyl (C=O) groups excluding carboxylic acids is 1. The zero-order valence-electron chi connectivity index (χ0n) is 16.0. The minimum absolute atomic E-state index is 0. The quantitative estimate of drug-likeness (QED) is 0.640. The van der Waals surface area contributed by atoms with E-state index in [1.165, 1.54) is 5.69 Å². The van der Waals surface area contributed by atoms with Gasteiger partial charge in [-0.1, -0.05) is 18.2 Å². The molecule has 3 aromatic rings. The molecule has 2 N–H and O–H groups in total. The van der Waals surface area contributed by atoms with Gasteiger partial charge in [0.2, 0.25) is 5.91 Å². The second-order valence-corrected chi connectivity index (χ2v) is 6.75. The van der Waals surface area contributed by atoms with Crippen LogP contribution in [0, 0.1) is 0 Å². The van der Waals surface area contributed by atoms with Crippen molar-refractivity contribution in [2.24, 2.45) is 0 Å². The minimum atomic E-state index is -0.000319. The fourth-order valence-corrected chi connectivity index (χ4v) is 3.32. The largest absolute Gasteiger partial charge is 0.326 e. The van der Waals surface area contributed by atoms with Gasteiger partial charge in [-0.3, -0.25) is 14.5 Å². The first kappa shape index (κ1) is 22.9. The highest BCUT2D eigenvalue weighted by Crippen LogP contribution is 2.22. The molecule has 0 saturated carbocycles. The molecule has 0 fully saturated rings.